The molecule has 1 aliphatic heterocycles. The van der Waals surface area contributed by atoms with Crippen LogP contribution in [0.3, 0.4) is 0 Å². The lowest BCUT2D eigenvalue weighted by atomic mass is 9.85. The molecule has 3 nitrogen and oxygen atoms in total. The van der Waals surface area contributed by atoms with Gasteiger partial charge in [-0.3, -0.25) is 4.79 Å². The fourth-order valence-electron chi connectivity index (χ4n) is 3.54. The van der Waals surface area contributed by atoms with E-state index in [9.17, 15) is 4.79 Å². The highest BCUT2D eigenvalue weighted by Gasteiger charge is 2.33. The van der Waals surface area contributed by atoms with Crippen LogP contribution in [0, 0.1) is 5.92 Å². The topological polar surface area (TPSA) is 41.1 Å². The number of hydrogen-bond acceptors (Lipinski definition) is 3. The zero-order valence-electron chi connectivity index (χ0n) is 13.0. The number of halogens is 1. The predicted molar refractivity (Wildman–Crippen MR) is 98.1 cm³/mol. The Bertz CT molecular complexity index is 753. The Hall–Kier alpha value is -1.33. The van der Waals surface area contributed by atoms with Gasteiger partial charge in [-0.15, -0.1) is 11.3 Å². The number of carbonyl (C=O) groups excluding carboxylic acids is 1. The Morgan fingerprint density at radius 3 is 2.78 bits per heavy atom. The molecular weight excluding hydrogens is 372 g/mol. The minimum Gasteiger partial charge on any atom is -0.353 e. The molecule has 2 aliphatic rings. The van der Waals surface area contributed by atoms with Crippen LogP contribution in [0.2, 0.25) is 0 Å². The van der Waals surface area contributed by atoms with Gasteiger partial charge in [-0.2, -0.15) is 0 Å². The van der Waals surface area contributed by atoms with Crippen molar-refractivity contribution in [1.82, 2.24) is 5.32 Å². The van der Waals surface area contributed by atoms with Gasteiger partial charge in [0.05, 0.1) is 5.56 Å². The summed E-state index contributed by atoms with van der Waals surface area (Å²) < 4.78 is 1.04. The van der Waals surface area contributed by atoms with E-state index in [1.165, 1.54) is 23.3 Å². The van der Waals surface area contributed by atoms with E-state index in [4.69, 9.17) is 0 Å². The Morgan fingerprint density at radius 1 is 1.26 bits per heavy atom. The maximum absolute atomic E-state index is 12.7. The van der Waals surface area contributed by atoms with E-state index in [0.29, 0.717) is 0 Å². The van der Waals surface area contributed by atoms with Gasteiger partial charge in [-0.1, -0.05) is 41.4 Å². The fraction of sp³-hybridized carbons (Fsp3) is 0.389. The van der Waals surface area contributed by atoms with Gasteiger partial charge >= 0.3 is 0 Å². The highest BCUT2D eigenvalue weighted by atomic mass is 79.9. The predicted octanol–water partition coefficient (Wildman–Crippen LogP) is 4.88. The number of fused-ring (bicyclic) bond motifs is 3. The Labute approximate surface area is 148 Å². The third kappa shape index (κ3) is 2.70. The lowest BCUT2D eigenvalue weighted by Gasteiger charge is -2.27. The van der Waals surface area contributed by atoms with Crippen LogP contribution < -0.4 is 10.6 Å². The van der Waals surface area contributed by atoms with Crippen LogP contribution in [0.1, 0.15) is 52.3 Å². The first-order valence-corrected chi connectivity index (χ1v) is 9.74. The molecule has 0 unspecified atom stereocenters. The highest BCUT2D eigenvalue weighted by Crippen LogP contribution is 2.43. The summed E-state index contributed by atoms with van der Waals surface area (Å²) in [4.78, 5) is 14.1. The SMILES string of the molecule is CC[C@H]1CCc2c(sc3c2C(=O)N[C@@H](c2ccc(Br)cc2)N3)C1. The van der Waals surface area contributed by atoms with Gasteiger partial charge in [-0.25, -0.2) is 0 Å². The smallest absolute Gasteiger partial charge is 0.256 e. The molecule has 2 N–H and O–H groups in total. The summed E-state index contributed by atoms with van der Waals surface area (Å²) in [5.74, 6) is 0.840. The lowest BCUT2D eigenvalue weighted by Crippen LogP contribution is -2.38. The van der Waals surface area contributed by atoms with E-state index in [1.54, 1.807) is 11.3 Å². The molecule has 0 radical (unpaired) electrons. The molecule has 23 heavy (non-hydrogen) atoms. The molecule has 120 valence electrons. The average molecular weight is 391 g/mol. The minimum absolute atomic E-state index is 0.0686. The molecule has 0 bridgehead atoms. The van der Waals surface area contributed by atoms with Crippen LogP contribution in [0.5, 0.6) is 0 Å². The van der Waals surface area contributed by atoms with E-state index in [-0.39, 0.29) is 12.1 Å². The van der Waals surface area contributed by atoms with Gasteiger partial charge in [0.1, 0.15) is 11.2 Å². The van der Waals surface area contributed by atoms with E-state index in [1.807, 2.05) is 24.3 Å². The molecule has 1 aromatic heterocycles. The summed E-state index contributed by atoms with van der Waals surface area (Å²) >= 11 is 5.23. The molecule has 2 atom stereocenters. The van der Waals surface area contributed by atoms with Gasteiger partial charge in [-0.05, 0) is 48.4 Å². The second-order valence-corrected chi connectivity index (χ2v) is 8.35. The van der Waals surface area contributed by atoms with Crippen LogP contribution in [0.15, 0.2) is 28.7 Å². The van der Waals surface area contributed by atoms with E-state index < -0.39 is 0 Å². The maximum atomic E-state index is 12.7. The normalized spacial score (nSPS) is 22.8. The quantitative estimate of drug-likeness (QED) is 0.766. The van der Waals surface area contributed by atoms with Gasteiger partial charge in [0.25, 0.3) is 5.91 Å². The van der Waals surface area contributed by atoms with Crippen molar-refractivity contribution in [3.8, 4) is 0 Å². The van der Waals surface area contributed by atoms with Gasteiger partial charge in [0, 0.05) is 9.35 Å². The average Bonchev–Trinajstić information content (AvgIpc) is 2.93. The summed E-state index contributed by atoms with van der Waals surface area (Å²) in [6, 6.07) is 8.08. The molecule has 0 saturated heterocycles. The number of rotatable bonds is 2. The molecule has 0 fully saturated rings. The lowest BCUT2D eigenvalue weighted by molar-refractivity contribution is 0.0935. The summed E-state index contributed by atoms with van der Waals surface area (Å²) in [7, 11) is 0. The van der Waals surface area contributed by atoms with Crippen molar-refractivity contribution in [3.63, 3.8) is 0 Å². The Kier molecular flexibility index (Phi) is 3.93. The van der Waals surface area contributed by atoms with E-state index in [2.05, 4.69) is 33.5 Å². The number of hydrogen-bond donors (Lipinski definition) is 2. The summed E-state index contributed by atoms with van der Waals surface area (Å²) in [5.41, 5.74) is 3.26. The zero-order chi connectivity index (χ0) is 16.0. The number of amides is 1. The molecule has 1 aliphatic carbocycles. The molecule has 5 heteroatoms. The Balaban J connectivity index is 1.66. The molecule has 2 aromatic rings. The molecule has 0 saturated carbocycles. The molecule has 2 heterocycles. The van der Waals surface area contributed by atoms with Crippen molar-refractivity contribution < 1.29 is 4.79 Å². The molecule has 1 aromatic carbocycles. The molecule has 1 amide bonds. The first-order valence-electron chi connectivity index (χ1n) is 8.13. The zero-order valence-corrected chi connectivity index (χ0v) is 15.4. The fourth-order valence-corrected chi connectivity index (χ4v) is 5.19. The van der Waals surface area contributed by atoms with Crippen molar-refractivity contribution in [2.45, 2.75) is 38.8 Å². The summed E-state index contributed by atoms with van der Waals surface area (Å²) in [6.07, 6.45) is 4.45. The first-order chi connectivity index (χ1) is 11.2. The number of carbonyl (C=O) groups is 1. The van der Waals surface area contributed by atoms with Gasteiger partial charge in [0.2, 0.25) is 0 Å². The van der Waals surface area contributed by atoms with Crippen LogP contribution in [-0.4, -0.2) is 5.91 Å². The number of nitrogens with one attached hydrogen (secondary N) is 2. The first kappa shape index (κ1) is 15.2. The molecular formula is C18H19BrN2OS. The number of benzene rings is 1. The standard InChI is InChI=1S/C18H19BrN2OS/c1-2-10-3-8-13-14(9-10)23-18-15(13)17(22)20-16(21-18)11-4-6-12(19)7-5-11/h4-7,10,16,21H,2-3,8-9H2,1H3,(H,20,22)/t10-,16+/m0/s1. The summed E-state index contributed by atoms with van der Waals surface area (Å²) in [6.45, 7) is 2.26. The third-order valence-electron chi connectivity index (χ3n) is 4.93. The van der Waals surface area contributed by atoms with E-state index >= 15 is 0 Å². The van der Waals surface area contributed by atoms with Crippen LogP contribution in [-0.2, 0) is 12.8 Å². The van der Waals surface area contributed by atoms with Crippen molar-refractivity contribution in [2.75, 3.05) is 5.32 Å². The van der Waals surface area contributed by atoms with Gasteiger partial charge in [0.15, 0.2) is 0 Å². The van der Waals surface area contributed by atoms with Crippen molar-refractivity contribution in [2.24, 2.45) is 5.92 Å². The second kappa shape index (κ2) is 5.95. The van der Waals surface area contributed by atoms with Crippen LogP contribution in [0.4, 0.5) is 5.00 Å². The highest BCUT2D eigenvalue weighted by molar-refractivity contribution is 9.10. The summed E-state index contributed by atoms with van der Waals surface area (Å²) in [5, 5.41) is 7.68. The van der Waals surface area contributed by atoms with Gasteiger partial charge < -0.3 is 10.6 Å². The van der Waals surface area contributed by atoms with E-state index in [0.717, 1.165) is 39.4 Å². The largest absolute Gasteiger partial charge is 0.353 e. The number of anilines is 1. The van der Waals surface area contributed by atoms with Crippen molar-refractivity contribution >= 4 is 38.2 Å². The van der Waals surface area contributed by atoms with Crippen LogP contribution >= 0.6 is 27.3 Å². The maximum Gasteiger partial charge on any atom is 0.256 e. The van der Waals surface area contributed by atoms with Crippen molar-refractivity contribution in [1.29, 1.82) is 0 Å². The van der Waals surface area contributed by atoms with Crippen molar-refractivity contribution in [3.05, 3.63) is 50.3 Å². The van der Waals surface area contributed by atoms with Crippen LogP contribution in [0.25, 0.3) is 0 Å². The molecule has 0 spiro atoms. The monoisotopic (exact) mass is 390 g/mol. The third-order valence-corrected chi connectivity index (χ3v) is 6.64. The Morgan fingerprint density at radius 2 is 2.04 bits per heavy atom. The second-order valence-electron chi connectivity index (χ2n) is 6.33. The minimum atomic E-state index is -0.148. The number of thiophene rings is 1. The molecule has 4 rings (SSSR count).